The highest BCUT2D eigenvalue weighted by Gasteiger charge is 2.34. The van der Waals surface area contributed by atoms with E-state index in [4.69, 9.17) is 11.0 Å². The maximum Gasteiger partial charge on any atom is 0.223 e. The predicted octanol–water partition coefficient (Wildman–Crippen LogP) is 1.31. The number of amides is 1. The molecule has 0 aromatic rings. The first-order valence-corrected chi connectivity index (χ1v) is 6.01. The SMILES string of the molecule is CCC(C)NC(=O)C1CCC(N)(C#N)CC1. The minimum Gasteiger partial charge on any atom is -0.353 e. The fraction of sp³-hybridized carbons (Fsp3) is 0.833. The number of nitrogens with one attached hydrogen (secondary N) is 1. The van der Waals surface area contributed by atoms with Crippen molar-refractivity contribution in [1.82, 2.24) is 5.32 Å². The van der Waals surface area contributed by atoms with E-state index in [2.05, 4.69) is 11.4 Å². The molecule has 1 unspecified atom stereocenters. The Labute approximate surface area is 97.2 Å². The number of carbonyl (C=O) groups is 1. The number of hydrogen-bond donors (Lipinski definition) is 2. The Balaban J connectivity index is 2.42. The van der Waals surface area contributed by atoms with Crippen molar-refractivity contribution in [3.8, 4) is 6.07 Å². The van der Waals surface area contributed by atoms with Gasteiger partial charge in [-0.05, 0) is 39.0 Å². The van der Waals surface area contributed by atoms with Gasteiger partial charge in [-0.3, -0.25) is 4.79 Å². The van der Waals surface area contributed by atoms with E-state index in [0.717, 1.165) is 19.3 Å². The third kappa shape index (κ3) is 3.21. The van der Waals surface area contributed by atoms with Gasteiger partial charge in [0.05, 0.1) is 6.07 Å². The van der Waals surface area contributed by atoms with Crippen LogP contribution in [0.25, 0.3) is 0 Å². The monoisotopic (exact) mass is 223 g/mol. The molecule has 1 rings (SSSR count). The Morgan fingerprint density at radius 3 is 2.62 bits per heavy atom. The standard InChI is InChI=1S/C12H21N3O/c1-3-9(2)15-11(16)10-4-6-12(14,8-13)7-5-10/h9-10H,3-7,14H2,1-2H3,(H,15,16). The number of hydrogen-bond acceptors (Lipinski definition) is 3. The molecule has 0 aromatic carbocycles. The van der Waals surface area contributed by atoms with Gasteiger partial charge in [-0.2, -0.15) is 5.26 Å². The zero-order valence-corrected chi connectivity index (χ0v) is 10.1. The number of nitrogens with two attached hydrogens (primary N) is 1. The van der Waals surface area contributed by atoms with Gasteiger partial charge in [0.2, 0.25) is 5.91 Å². The van der Waals surface area contributed by atoms with Crippen molar-refractivity contribution >= 4 is 5.91 Å². The molecule has 90 valence electrons. The molecule has 4 nitrogen and oxygen atoms in total. The molecule has 1 saturated carbocycles. The lowest BCUT2D eigenvalue weighted by Crippen LogP contribution is -2.45. The maximum atomic E-state index is 11.8. The van der Waals surface area contributed by atoms with E-state index >= 15 is 0 Å². The van der Waals surface area contributed by atoms with Crippen LogP contribution in [-0.4, -0.2) is 17.5 Å². The summed E-state index contributed by atoms with van der Waals surface area (Å²) < 4.78 is 0. The zero-order valence-electron chi connectivity index (χ0n) is 10.1. The van der Waals surface area contributed by atoms with Crippen molar-refractivity contribution in [1.29, 1.82) is 5.26 Å². The van der Waals surface area contributed by atoms with Crippen LogP contribution in [0.1, 0.15) is 46.0 Å². The second-order valence-corrected chi connectivity index (χ2v) is 4.86. The molecule has 0 heterocycles. The summed E-state index contributed by atoms with van der Waals surface area (Å²) in [6.07, 6.45) is 3.65. The van der Waals surface area contributed by atoms with Crippen molar-refractivity contribution in [2.24, 2.45) is 11.7 Å². The molecule has 3 N–H and O–H groups in total. The van der Waals surface area contributed by atoms with Crippen molar-refractivity contribution in [3.05, 3.63) is 0 Å². The first-order chi connectivity index (χ1) is 7.50. The van der Waals surface area contributed by atoms with E-state index in [0.29, 0.717) is 12.8 Å². The normalized spacial score (nSPS) is 31.5. The Morgan fingerprint density at radius 1 is 1.62 bits per heavy atom. The van der Waals surface area contributed by atoms with E-state index in [1.165, 1.54) is 0 Å². The van der Waals surface area contributed by atoms with Gasteiger partial charge in [0, 0.05) is 12.0 Å². The molecule has 1 fully saturated rings. The Morgan fingerprint density at radius 2 is 2.19 bits per heavy atom. The highest BCUT2D eigenvalue weighted by Crippen LogP contribution is 2.30. The maximum absolute atomic E-state index is 11.8. The van der Waals surface area contributed by atoms with E-state index < -0.39 is 5.54 Å². The first-order valence-electron chi connectivity index (χ1n) is 6.01. The largest absolute Gasteiger partial charge is 0.353 e. The molecule has 1 amide bonds. The average molecular weight is 223 g/mol. The minimum atomic E-state index is -0.701. The molecular formula is C12H21N3O. The van der Waals surface area contributed by atoms with Crippen molar-refractivity contribution in [3.63, 3.8) is 0 Å². The molecule has 0 spiro atoms. The fourth-order valence-electron chi connectivity index (χ4n) is 1.97. The smallest absolute Gasteiger partial charge is 0.223 e. The lowest BCUT2D eigenvalue weighted by atomic mass is 9.77. The van der Waals surface area contributed by atoms with Crippen LogP contribution in [0.4, 0.5) is 0 Å². The second kappa shape index (κ2) is 5.31. The molecule has 0 radical (unpaired) electrons. The summed E-state index contributed by atoms with van der Waals surface area (Å²) >= 11 is 0. The van der Waals surface area contributed by atoms with Crippen molar-refractivity contribution in [2.75, 3.05) is 0 Å². The third-order valence-corrected chi connectivity index (χ3v) is 3.47. The fourth-order valence-corrected chi connectivity index (χ4v) is 1.97. The first kappa shape index (κ1) is 13.0. The minimum absolute atomic E-state index is 0.0408. The molecule has 1 atom stereocenters. The topological polar surface area (TPSA) is 78.9 Å². The average Bonchev–Trinajstić information content (AvgIpc) is 2.29. The van der Waals surface area contributed by atoms with Gasteiger partial charge in [0.25, 0.3) is 0 Å². The van der Waals surface area contributed by atoms with E-state index in [1.54, 1.807) is 0 Å². The molecule has 1 aliphatic rings. The van der Waals surface area contributed by atoms with Crippen LogP contribution in [0, 0.1) is 17.2 Å². The van der Waals surface area contributed by atoms with Crippen LogP contribution in [0.2, 0.25) is 0 Å². The molecule has 0 saturated heterocycles. The van der Waals surface area contributed by atoms with Gasteiger partial charge in [0.15, 0.2) is 0 Å². The van der Waals surface area contributed by atoms with E-state index in [9.17, 15) is 4.79 Å². The van der Waals surface area contributed by atoms with Gasteiger partial charge in [-0.15, -0.1) is 0 Å². The number of rotatable bonds is 3. The van der Waals surface area contributed by atoms with Crippen LogP contribution in [0.3, 0.4) is 0 Å². The molecular weight excluding hydrogens is 202 g/mol. The Kier molecular flexibility index (Phi) is 4.31. The highest BCUT2D eigenvalue weighted by molar-refractivity contribution is 5.79. The summed E-state index contributed by atoms with van der Waals surface area (Å²) in [7, 11) is 0. The van der Waals surface area contributed by atoms with Gasteiger partial charge >= 0.3 is 0 Å². The molecule has 16 heavy (non-hydrogen) atoms. The van der Waals surface area contributed by atoms with Gasteiger partial charge < -0.3 is 11.1 Å². The van der Waals surface area contributed by atoms with Gasteiger partial charge in [-0.25, -0.2) is 0 Å². The van der Waals surface area contributed by atoms with E-state index in [1.807, 2.05) is 13.8 Å². The van der Waals surface area contributed by atoms with Crippen LogP contribution >= 0.6 is 0 Å². The molecule has 4 heteroatoms. The molecule has 0 aromatic heterocycles. The summed E-state index contributed by atoms with van der Waals surface area (Å²) in [4.78, 5) is 11.8. The number of nitriles is 1. The van der Waals surface area contributed by atoms with Crippen LogP contribution in [0.5, 0.6) is 0 Å². The zero-order chi connectivity index (χ0) is 12.2. The van der Waals surface area contributed by atoms with Crippen molar-refractivity contribution < 1.29 is 4.79 Å². The van der Waals surface area contributed by atoms with Crippen LogP contribution in [-0.2, 0) is 4.79 Å². The Hall–Kier alpha value is -1.08. The lowest BCUT2D eigenvalue weighted by Gasteiger charge is -2.31. The molecule has 0 bridgehead atoms. The van der Waals surface area contributed by atoms with Gasteiger partial charge in [0.1, 0.15) is 5.54 Å². The summed E-state index contributed by atoms with van der Waals surface area (Å²) in [5.74, 6) is 0.161. The third-order valence-electron chi connectivity index (χ3n) is 3.47. The lowest BCUT2D eigenvalue weighted by molar-refractivity contribution is -0.126. The summed E-state index contributed by atoms with van der Waals surface area (Å²) in [6, 6.07) is 2.37. The van der Waals surface area contributed by atoms with Gasteiger partial charge in [-0.1, -0.05) is 6.92 Å². The highest BCUT2D eigenvalue weighted by atomic mass is 16.1. The summed E-state index contributed by atoms with van der Waals surface area (Å²) in [5.41, 5.74) is 5.15. The number of nitrogens with zero attached hydrogens (tertiary/aromatic N) is 1. The summed E-state index contributed by atoms with van der Waals surface area (Å²) in [5, 5.41) is 11.9. The molecule has 1 aliphatic carbocycles. The quantitative estimate of drug-likeness (QED) is 0.757. The van der Waals surface area contributed by atoms with E-state index in [-0.39, 0.29) is 17.9 Å². The van der Waals surface area contributed by atoms with Crippen LogP contribution in [0.15, 0.2) is 0 Å². The molecule has 0 aliphatic heterocycles. The van der Waals surface area contributed by atoms with Crippen molar-refractivity contribution in [2.45, 2.75) is 57.5 Å². The second-order valence-electron chi connectivity index (χ2n) is 4.86. The predicted molar refractivity (Wildman–Crippen MR) is 62.4 cm³/mol. The van der Waals surface area contributed by atoms with Crippen LogP contribution < -0.4 is 11.1 Å². The number of carbonyl (C=O) groups excluding carboxylic acids is 1. The summed E-state index contributed by atoms with van der Waals surface area (Å²) in [6.45, 7) is 4.05. The Bertz CT molecular complexity index is 287.